The summed E-state index contributed by atoms with van der Waals surface area (Å²) in [4.78, 5) is 7.50. The number of piperidine rings is 1. The normalized spacial score (nSPS) is 24.4. The van der Waals surface area contributed by atoms with E-state index in [0.29, 0.717) is 6.04 Å². The van der Waals surface area contributed by atoms with Gasteiger partial charge in [-0.1, -0.05) is 12.1 Å². The molecule has 24 heavy (non-hydrogen) atoms. The molecule has 3 aliphatic heterocycles. The van der Waals surface area contributed by atoms with Crippen molar-refractivity contribution in [2.45, 2.75) is 51.4 Å². The van der Waals surface area contributed by atoms with E-state index in [0.717, 1.165) is 44.0 Å². The summed E-state index contributed by atoms with van der Waals surface area (Å²) < 4.78 is 5.82. The fraction of sp³-hybridized carbons (Fsp3) is 0.700. The van der Waals surface area contributed by atoms with E-state index in [2.05, 4.69) is 66.9 Å². The minimum Gasteiger partial charge on any atom is -0.494 e. The molecule has 0 amide bonds. The van der Waals surface area contributed by atoms with Crippen LogP contribution in [0.2, 0.25) is 0 Å². The molecule has 0 radical (unpaired) electrons. The molecule has 0 aromatic heterocycles. The van der Waals surface area contributed by atoms with Crippen molar-refractivity contribution in [2.24, 2.45) is 0 Å². The van der Waals surface area contributed by atoms with Crippen LogP contribution in [0.4, 0.5) is 0 Å². The summed E-state index contributed by atoms with van der Waals surface area (Å²) in [5.41, 5.74) is 1.41. The van der Waals surface area contributed by atoms with Crippen LogP contribution in [0, 0.1) is 0 Å². The van der Waals surface area contributed by atoms with Crippen molar-refractivity contribution in [2.75, 3.05) is 40.3 Å². The zero-order chi connectivity index (χ0) is 17.1. The summed E-state index contributed by atoms with van der Waals surface area (Å²) in [7, 11) is 4.20. The first kappa shape index (κ1) is 17.7. The lowest BCUT2D eigenvalue weighted by molar-refractivity contribution is -0.0835. The number of ether oxygens (including phenoxy) is 1. The fourth-order valence-electron chi connectivity index (χ4n) is 3.87. The molecule has 1 aromatic carbocycles. The van der Waals surface area contributed by atoms with Crippen LogP contribution in [0.3, 0.4) is 0 Å². The topological polar surface area (TPSA) is 19.0 Å². The van der Waals surface area contributed by atoms with Gasteiger partial charge in [0.2, 0.25) is 0 Å². The Kier molecular flexibility index (Phi) is 5.80. The third kappa shape index (κ3) is 4.29. The van der Waals surface area contributed by atoms with E-state index in [1.54, 1.807) is 0 Å². The van der Waals surface area contributed by atoms with Gasteiger partial charge in [0.25, 0.3) is 0 Å². The van der Waals surface area contributed by atoms with E-state index in [-0.39, 0.29) is 0 Å². The Morgan fingerprint density at radius 2 is 1.79 bits per heavy atom. The maximum Gasteiger partial charge on any atom is 0.119 e. The standard InChI is InChI=1S/C20H33N3O/c1-16(2)22-14-18-12-19(15-22)23(18)13-17-6-8-20(9-7-17)24-11-5-10-21(3)4/h6-9,16,18-19H,5,10-15H2,1-4H3. The Morgan fingerprint density at radius 1 is 1.12 bits per heavy atom. The molecule has 3 heterocycles. The predicted octanol–water partition coefficient (Wildman–Crippen LogP) is 2.68. The highest BCUT2D eigenvalue weighted by atomic mass is 16.5. The van der Waals surface area contributed by atoms with Crippen LogP contribution in [0.15, 0.2) is 24.3 Å². The third-order valence-corrected chi connectivity index (χ3v) is 5.41. The highest BCUT2D eigenvalue weighted by Crippen LogP contribution is 2.34. The summed E-state index contributed by atoms with van der Waals surface area (Å²) in [5.74, 6) is 0.993. The zero-order valence-electron chi connectivity index (χ0n) is 15.7. The number of hydrogen-bond donors (Lipinski definition) is 0. The highest BCUT2D eigenvalue weighted by Gasteiger charge is 2.44. The Hall–Kier alpha value is -1.10. The summed E-state index contributed by atoms with van der Waals surface area (Å²) in [6.45, 7) is 10.0. The molecule has 0 spiro atoms. The largest absolute Gasteiger partial charge is 0.494 e. The molecule has 0 aliphatic carbocycles. The summed E-state index contributed by atoms with van der Waals surface area (Å²) in [6, 6.07) is 10.9. The van der Waals surface area contributed by atoms with Gasteiger partial charge in [0, 0.05) is 44.3 Å². The third-order valence-electron chi connectivity index (χ3n) is 5.41. The Balaban J connectivity index is 1.44. The molecule has 3 aliphatic rings. The SMILES string of the molecule is CC(C)N1CC2CC(C1)N2Cc1ccc(OCCCN(C)C)cc1. The fourth-order valence-corrected chi connectivity index (χ4v) is 3.87. The van der Waals surface area contributed by atoms with Gasteiger partial charge >= 0.3 is 0 Å². The molecule has 2 unspecified atom stereocenters. The van der Waals surface area contributed by atoms with Crippen molar-refractivity contribution in [3.8, 4) is 5.75 Å². The smallest absolute Gasteiger partial charge is 0.119 e. The minimum atomic E-state index is 0.682. The van der Waals surface area contributed by atoms with Crippen LogP contribution in [0.1, 0.15) is 32.3 Å². The first-order chi connectivity index (χ1) is 11.5. The van der Waals surface area contributed by atoms with E-state index in [4.69, 9.17) is 4.74 Å². The van der Waals surface area contributed by atoms with Gasteiger partial charge < -0.3 is 9.64 Å². The van der Waals surface area contributed by atoms with Gasteiger partial charge in [-0.15, -0.1) is 0 Å². The summed E-state index contributed by atoms with van der Waals surface area (Å²) in [5, 5.41) is 0. The second-order valence-electron chi connectivity index (χ2n) is 7.91. The number of piperazine rings is 1. The predicted molar refractivity (Wildman–Crippen MR) is 99.6 cm³/mol. The van der Waals surface area contributed by atoms with Crippen molar-refractivity contribution in [3.63, 3.8) is 0 Å². The minimum absolute atomic E-state index is 0.682. The van der Waals surface area contributed by atoms with Gasteiger partial charge in [-0.3, -0.25) is 9.80 Å². The quantitative estimate of drug-likeness (QED) is 0.682. The molecule has 3 fully saturated rings. The molecule has 0 N–H and O–H groups in total. The van der Waals surface area contributed by atoms with Crippen LogP contribution in [-0.4, -0.2) is 73.2 Å². The van der Waals surface area contributed by atoms with Crippen LogP contribution >= 0.6 is 0 Å². The molecule has 3 saturated heterocycles. The Bertz CT molecular complexity index is 502. The molecular formula is C20H33N3O. The van der Waals surface area contributed by atoms with Gasteiger partial charge in [0.15, 0.2) is 0 Å². The van der Waals surface area contributed by atoms with Crippen LogP contribution in [0.5, 0.6) is 5.75 Å². The summed E-state index contributed by atoms with van der Waals surface area (Å²) in [6.07, 6.45) is 2.45. The second-order valence-corrected chi connectivity index (χ2v) is 7.91. The average molecular weight is 332 g/mol. The number of benzene rings is 1. The monoisotopic (exact) mass is 331 g/mol. The molecule has 2 bridgehead atoms. The first-order valence-corrected chi connectivity index (χ1v) is 9.39. The molecular weight excluding hydrogens is 298 g/mol. The van der Waals surface area contributed by atoms with Gasteiger partial charge in [-0.25, -0.2) is 0 Å². The van der Waals surface area contributed by atoms with Gasteiger partial charge in [0.1, 0.15) is 5.75 Å². The molecule has 4 rings (SSSR count). The average Bonchev–Trinajstić information content (AvgIpc) is 2.57. The Labute approximate surface area is 147 Å². The van der Waals surface area contributed by atoms with Gasteiger partial charge in [-0.05, 0) is 58.5 Å². The maximum atomic E-state index is 5.82. The molecule has 1 aromatic rings. The van der Waals surface area contributed by atoms with Crippen molar-refractivity contribution >= 4 is 0 Å². The second kappa shape index (κ2) is 7.85. The van der Waals surface area contributed by atoms with Crippen LogP contribution in [-0.2, 0) is 6.54 Å². The first-order valence-electron chi connectivity index (χ1n) is 9.39. The molecule has 2 atom stereocenters. The highest BCUT2D eigenvalue weighted by molar-refractivity contribution is 5.27. The van der Waals surface area contributed by atoms with Crippen LogP contribution < -0.4 is 4.74 Å². The van der Waals surface area contributed by atoms with E-state index in [1.165, 1.54) is 25.1 Å². The lowest BCUT2D eigenvalue weighted by Crippen LogP contribution is -2.68. The zero-order valence-corrected chi connectivity index (χ0v) is 15.7. The molecule has 4 nitrogen and oxygen atoms in total. The summed E-state index contributed by atoms with van der Waals surface area (Å²) >= 11 is 0. The van der Waals surface area contributed by atoms with E-state index >= 15 is 0 Å². The number of fused-ring (bicyclic) bond motifs is 2. The molecule has 0 saturated carbocycles. The van der Waals surface area contributed by atoms with Crippen molar-refractivity contribution < 1.29 is 4.74 Å². The maximum absolute atomic E-state index is 5.82. The van der Waals surface area contributed by atoms with Crippen molar-refractivity contribution in [1.82, 2.24) is 14.7 Å². The molecule has 4 heteroatoms. The lowest BCUT2D eigenvalue weighted by atomic mass is 9.86. The van der Waals surface area contributed by atoms with E-state index in [1.807, 2.05) is 0 Å². The number of rotatable bonds is 8. The van der Waals surface area contributed by atoms with Crippen LogP contribution in [0.25, 0.3) is 0 Å². The lowest BCUT2D eigenvalue weighted by Gasteiger charge is -2.57. The number of hydrogen-bond acceptors (Lipinski definition) is 4. The van der Waals surface area contributed by atoms with Crippen molar-refractivity contribution in [3.05, 3.63) is 29.8 Å². The Morgan fingerprint density at radius 3 is 2.38 bits per heavy atom. The molecule has 134 valence electrons. The number of nitrogens with zero attached hydrogens (tertiary/aromatic N) is 3. The van der Waals surface area contributed by atoms with Gasteiger partial charge in [-0.2, -0.15) is 0 Å². The van der Waals surface area contributed by atoms with E-state index in [9.17, 15) is 0 Å². The van der Waals surface area contributed by atoms with Crippen molar-refractivity contribution in [1.29, 1.82) is 0 Å². The van der Waals surface area contributed by atoms with E-state index < -0.39 is 0 Å². The van der Waals surface area contributed by atoms with Gasteiger partial charge in [0.05, 0.1) is 6.61 Å².